The second-order valence-electron chi connectivity index (χ2n) is 7.25. The fourth-order valence-corrected chi connectivity index (χ4v) is 4.48. The number of benzene rings is 2. The van der Waals surface area contributed by atoms with E-state index in [0.29, 0.717) is 5.19 Å². The molecule has 1 fully saturated rings. The van der Waals surface area contributed by atoms with Crippen LogP contribution in [0, 0.1) is 0 Å². The van der Waals surface area contributed by atoms with E-state index in [1.807, 2.05) is 18.2 Å². The van der Waals surface area contributed by atoms with Crippen molar-refractivity contribution in [2.45, 2.75) is 38.1 Å². The third-order valence-electron chi connectivity index (χ3n) is 5.37. The SMILES string of the molecule is CN1CCCCC1(C)Cc1ccc(Oc2nc3ccccc3s2)cc1. The summed E-state index contributed by atoms with van der Waals surface area (Å²) in [7, 11) is 2.25. The molecule has 1 aromatic heterocycles. The third-order valence-corrected chi connectivity index (χ3v) is 6.28. The molecular weight excluding hydrogens is 328 g/mol. The fraction of sp³-hybridized carbons (Fsp3) is 0.381. The molecule has 1 atom stereocenters. The lowest BCUT2D eigenvalue weighted by atomic mass is 9.83. The van der Waals surface area contributed by atoms with Gasteiger partial charge in [0.1, 0.15) is 5.75 Å². The van der Waals surface area contributed by atoms with E-state index >= 15 is 0 Å². The van der Waals surface area contributed by atoms with E-state index in [1.54, 1.807) is 11.3 Å². The van der Waals surface area contributed by atoms with E-state index in [-0.39, 0.29) is 5.54 Å². The Bertz CT molecular complexity index is 825. The number of fused-ring (bicyclic) bond motifs is 1. The van der Waals surface area contributed by atoms with E-state index in [9.17, 15) is 0 Å². The van der Waals surface area contributed by atoms with Crippen LogP contribution >= 0.6 is 11.3 Å². The van der Waals surface area contributed by atoms with Crippen LogP contribution in [0.1, 0.15) is 31.7 Å². The highest BCUT2D eigenvalue weighted by Crippen LogP contribution is 2.33. The zero-order valence-electron chi connectivity index (χ0n) is 14.9. The number of thiazole rings is 1. The summed E-state index contributed by atoms with van der Waals surface area (Å²) < 4.78 is 7.11. The lowest BCUT2D eigenvalue weighted by Gasteiger charge is -2.43. The third kappa shape index (κ3) is 3.55. The Kier molecular flexibility index (Phi) is 4.48. The number of hydrogen-bond acceptors (Lipinski definition) is 4. The molecule has 1 aliphatic heterocycles. The normalized spacial score (nSPS) is 21.5. The lowest BCUT2D eigenvalue weighted by molar-refractivity contribution is 0.0902. The molecule has 0 aliphatic carbocycles. The Morgan fingerprint density at radius 2 is 1.92 bits per heavy atom. The summed E-state index contributed by atoms with van der Waals surface area (Å²) in [5.74, 6) is 0.852. The number of aromatic nitrogens is 1. The molecule has 4 rings (SSSR count). The van der Waals surface area contributed by atoms with Gasteiger partial charge in [-0.05, 0) is 69.6 Å². The molecule has 3 nitrogen and oxygen atoms in total. The summed E-state index contributed by atoms with van der Waals surface area (Å²) in [6.45, 7) is 3.59. The number of nitrogens with zero attached hydrogens (tertiary/aromatic N) is 2. The largest absolute Gasteiger partial charge is 0.431 e. The molecular formula is C21H24N2OS. The molecule has 25 heavy (non-hydrogen) atoms. The van der Waals surface area contributed by atoms with Gasteiger partial charge in [-0.2, -0.15) is 0 Å². The maximum absolute atomic E-state index is 5.95. The van der Waals surface area contributed by atoms with Crippen molar-refractivity contribution in [3.63, 3.8) is 0 Å². The van der Waals surface area contributed by atoms with Crippen LogP contribution in [-0.4, -0.2) is 29.0 Å². The molecule has 2 aromatic carbocycles. The second-order valence-corrected chi connectivity index (χ2v) is 8.24. The van der Waals surface area contributed by atoms with Gasteiger partial charge >= 0.3 is 0 Å². The zero-order chi connectivity index (χ0) is 17.3. The Labute approximate surface area is 153 Å². The fourth-order valence-electron chi connectivity index (χ4n) is 3.65. The van der Waals surface area contributed by atoms with Gasteiger partial charge in [-0.15, -0.1) is 0 Å². The highest BCUT2D eigenvalue weighted by atomic mass is 32.1. The maximum Gasteiger partial charge on any atom is 0.279 e. The van der Waals surface area contributed by atoms with Crippen molar-refractivity contribution in [3.8, 4) is 10.9 Å². The van der Waals surface area contributed by atoms with Crippen LogP contribution in [0.4, 0.5) is 0 Å². The highest BCUT2D eigenvalue weighted by molar-refractivity contribution is 7.20. The quantitative estimate of drug-likeness (QED) is 0.619. The molecule has 130 valence electrons. The maximum atomic E-state index is 5.95. The Hall–Kier alpha value is -1.91. The summed E-state index contributed by atoms with van der Waals surface area (Å²) in [4.78, 5) is 7.05. The molecule has 4 heteroatoms. The van der Waals surface area contributed by atoms with Crippen molar-refractivity contribution in [2.75, 3.05) is 13.6 Å². The van der Waals surface area contributed by atoms with Gasteiger partial charge in [-0.1, -0.05) is 42.0 Å². The highest BCUT2D eigenvalue weighted by Gasteiger charge is 2.31. The molecule has 0 N–H and O–H groups in total. The van der Waals surface area contributed by atoms with E-state index in [2.05, 4.69) is 54.2 Å². The monoisotopic (exact) mass is 352 g/mol. The first-order chi connectivity index (χ1) is 12.1. The first-order valence-electron chi connectivity index (χ1n) is 8.96. The van der Waals surface area contributed by atoms with Crippen LogP contribution in [0.3, 0.4) is 0 Å². The molecule has 0 radical (unpaired) electrons. The van der Waals surface area contributed by atoms with Crippen molar-refractivity contribution >= 4 is 21.6 Å². The van der Waals surface area contributed by atoms with Crippen LogP contribution in [0.5, 0.6) is 10.9 Å². The first-order valence-corrected chi connectivity index (χ1v) is 9.78. The molecule has 1 saturated heterocycles. The van der Waals surface area contributed by atoms with Crippen LogP contribution in [0.25, 0.3) is 10.2 Å². The average molecular weight is 353 g/mol. The number of likely N-dealkylation sites (tertiary alicyclic amines) is 1. The molecule has 0 saturated carbocycles. The number of rotatable bonds is 4. The van der Waals surface area contributed by atoms with Crippen molar-refractivity contribution in [2.24, 2.45) is 0 Å². The number of para-hydroxylation sites is 1. The van der Waals surface area contributed by atoms with Gasteiger partial charge in [-0.3, -0.25) is 0 Å². The predicted molar refractivity (Wildman–Crippen MR) is 105 cm³/mol. The number of ether oxygens (including phenoxy) is 1. The van der Waals surface area contributed by atoms with E-state index in [0.717, 1.165) is 22.4 Å². The van der Waals surface area contributed by atoms with E-state index in [1.165, 1.54) is 31.4 Å². The first kappa shape index (κ1) is 16.6. The van der Waals surface area contributed by atoms with Gasteiger partial charge in [0.15, 0.2) is 0 Å². The Morgan fingerprint density at radius 3 is 2.68 bits per heavy atom. The summed E-state index contributed by atoms with van der Waals surface area (Å²) in [5.41, 5.74) is 2.63. The number of hydrogen-bond donors (Lipinski definition) is 0. The Morgan fingerprint density at radius 1 is 1.12 bits per heavy atom. The summed E-state index contributed by atoms with van der Waals surface area (Å²) >= 11 is 1.58. The standard InChI is InChI=1S/C21H24N2OS/c1-21(13-5-6-14-23(21)2)15-16-9-11-17(12-10-16)24-20-22-18-7-3-4-8-19(18)25-20/h3-4,7-12H,5-6,13-15H2,1-2H3. The topological polar surface area (TPSA) is 25.4 Å². The van der Waals surface area contributed by atoms with E-state index < -0.39 is 0 Å². The van der Waals surface area contributed by atoms with Gasteiger partial charge in [0.25, 0.3) is 5.19 Å². The lowest BCUT2D eigenvalue weighted by Crippen LogP contribution is -2.48. The molecule has 1 aliphatic rings. The molecule has 1 unspecified atom stereocenters. The van der Waals surface area contributed by atoms with Gasteiger partial charge in [0, 0.05) is 5.54 Å². The minimum atomic E-state index is 0.271. The summed E-state index contributed by atoms with van der Waals surface area (Å²) in [6.07, 6.45) is 5.01. The van der Waals surface area contributed by atoms with Gasteiger partial charge in [0.05, 0.1) is 10.2 Å². The zero-order valence-corrected chi connectivity index (χ0v) is 15.7. The van der Waals surface area contributed by atoms with Crippen LogP contribution < -0.4 is 4.74 Å². The van der Waals surface area contributed by atoms with Crippen molar-refractivity contribution in [1.29, 1.82) is 0 Å². The van der Waals surface area contributed by atoms with Crippen molar-refractivity contribution < 1.29 is 4.74 Å². The second kappa shape index (κ2) is 6.77. The van der Waals surface area contributed by atoms with Crippen LogP contribution in [-0.2, 0) is 6.42 Å². The van der Waals surface area contributed by atoms with Crippen LogP contribution in [0.2, 0.25) is 0 Å². The molecule has 0 bridgehead atoms. The average Bonchev–Trinajstić information content (AvgIpc) is 3.02. The van der Waals surface area contributed by atoms with Crippen molar-refractivity contribution in [3.05, 3.63) is 54.1 Å². The van der Waals surface area contributed by atoms with Crippen LogP contribution in [0.15, 0.2) is 48.5 Å². The minimum absolute atomic E-state index is 0.271. The van der Waals surface area contributed by atoms with E-state index in [4.69, 9.17) is 4.74 Å². The molecule has 3 aromatic rings. The van der Waals surface area contributed by atoms with Gasteiger partial charge in [0.2, 0.25) is 0 Å². The minimum Gasteiger partial charge on any atom is -0.431 e. The molecule has 2 heterocycles. The molecule has 0 amide bonds. The molecule has 0 spiro atoms. The van der Waals surface area contributed by atoms with Gasteiger partial charge < -0.3 is 9.64 Å². The number of likely N-dealkylation sites (N-methyl/N-ethyl adjacent to an activating group) is 1. The smallest absolute Gasteiger partial charge is 0.279 e. The van der Waals surface area contributed by atoms with Crippen molar-refractivity contribution in [1.82, 2.24) is 9.88 Å². The predicted octanol–water partition coefficient (Wildman–Crippen LogP) is 5.51. The Balaban J connectivity index is 1.46. The van der Waals surface area contributed by atoms with Gasteiger partial charge in [-0.25, -0.2) is 4.98 Å². The summed E-state index contributed by atoms with van der Waals surface area (Å²) in [6, 6.07) is 16.6. The summed E-state index contributed by atoms with van der Waals surface area (Å²) in [5, 5.41) is 0.702. The number of piperidine rings is 1.